The number of halogens is 3. The predicted octanol–water partition coefficient (Wildman–Crippen LogP) is 5.67. The second-order valence-corrected chi connectivity index (χ2v) is 22.4. The van der Waals surface area contributed by atoms with Crippen molar-refractivity contribution in [1.29, 1.82) is 0 Å². The molecule has 0 bridgehead atoms. The van der Waals surface area contributed by atoms with Gasteiger partial charge < -0.3 is 52.7 Å². The molecule has 2 aliphatic heterocycles. The van der Waals surface area contributed by atoms with Crippen LogP contribution >= 0.6 is 11.6 Å². The van der Waals surface area contributed by atoms with E-state index >= 15 is 4.39 Å². The number of carbonyl (C=O) groups excluding carboxylic acids is 4. The van der Waals surface area contributed by atoms with E-state index in [-0.39, 0.29) is 86.6 Å². The van der Waals surface area contributed by atoms with Gasteiger partial charge in [-0.1, -0.05) is 118 Å². The number of pyridine rings is 3. The summed E-state index contributed by atoms with van der Waals surface area (Å²) in [4.78, 5) is 65.2. The monoisotopic (exact) mass is 1200 g/mol. The molecule has 11 rings (SSSR count). The topological polar surface area (TPSA) is 283 Å². The average molecular weight is 1200 g/mol. The molecule has 7 aromatic rings. The summed E-state index contributed by atoms with van der Waals surface area (Å²) >= 11 is 5.93. The maximum Gasteiger partial charge on any atom is 1.00 e. The molecule has 2 aliphatic carbocycles. The van der Waals surface area contributed by atoms with Crippen LogP contribution in [0.4, 0.5) is 30.8 Å². The van der Waals surface area contributed by atoms with Crippen LogP contribution in [0.5, 0.6) is 0 Å². The summed E-state index contributed by atoms with van der Waals surface area (Å²) in [6.07, 6.45) is 16.3. The van der Waals surface area contributed by atoms with Crippen LogP contribution < -0.4 is 67.5 Å². The van der Waals surface area contributed by atoms with E-state index in [0.717, 1.165) is 41.5 Å². The van der Waals surface area contributed by atoms with Gasteiger partial charge in [0.25, 0.3) is 6.47 Å². The minimum atomic E-state index is -1.52. The summed E-state index contributed by atoms with van der Waals surface area (Å²) in [7, 11) is 0. The summed E-state index contributed by atoms with van der Waals surface area (Å²) in [6.45, 7) is -0.112. The zero-order chi connectivity index (χ0) is 59.5. The number of β-amino-alcohol motifs (C(OH)–C–C–N with tert-alkyl or cyclic N) is 2. The van der Waals surface area contributed by atoms with E-state index < -0.39 is 63.8 Å². The Hall–Kier alpha value is -7.08. The number of rotatable bonds is 18. The second kappa shape index (κ2) is 29.5. The zero-order valence-electron chi connectivity index (χ0n) is 46.9. The number of nitrogens with one attached hydrogen (secondary N) is 4. The number of hydrogen-bond acceptors (Lipinski definition) is 14. The fourth-order valence-electron chi connectivity index (χ4n) is 11.0. The summed E-state index contributed by atoms with van der Waals surface area (Å²) < 4.78 is 30.1. The van der Waals surface area contributed by atoms with Crippen molar-refractivity contribution in [3.63, 3.8) is 0 Å². The van der Waals surface area contributed by atoms with Gasteiger partial charge >= 0.3 is 35.6 Å². The van der Waals surface area contributed by atoms with E-state index in [9.17, 15) is 29.0 Å². The fraction of sp³-hybridized carbons (Fsp3) is 0.328. The molecule has 0 radical (unpaired) electrons. The number of urea groups is 1. The number of benzene rings is 4. The fourth-order valence-corrected chi connectivity index (χ4v) is 11.1. The van der Waals surface area contributed by atoms with Crippen molar-refractivity contribution in [3.05, 3.63) is 214 Å². The largest absolute Gasteiger partial charge is 1.00 e. The van der Waals surface area contributed by atoms with E-state index in [4.69, 9.17) is 33.1 Å². The van der Waals surface area contributed by atoms with Gasteiger partial charge in [-0.25, -0.2) is 18.6 Å². The van der Waals surface area contributed by atoms with Crippen molar-refractivity contribution >= 4 is 53.1 Å². The number of hydrogen-bond donors (Lipinski definition) is 8. The van der Waals surface area contributed by atoms with Gasteiger partial charge in [-0.2, -0.15) is 0 Å². The zero-order valence-corrected chi connectivity index (χ0v) is 49.6. The van der Waals surface area contributed by atoms with E-state index in [0.29, 0.717) is 34.4 Å². The number of amides is 4. The van der Waals surface area contributed by atoms with Crippen LogP contribution in [0, 0.1) is 23.5 Å². The second-order valence-electron chi connectivity index (χ2n) is 22.0. The molecule has 86 heavy (non-hydrogen) atoms. The molecule has 4 aliphatic rings. The molecule has 10 N–H and O–H groups in total. The van der Waals surface area contributed by atoms with E-state index in [1.807, 2.05) is 60.7 Å². The minimum Gasteiger partial charge on any atom is -0.662 e. The van der Waals surface area contributed by atoms with E-state index in [1.54, 1.807) is 79.4 Å². The van der Waals surface area contributed by atoms with Gasteiger partial charge in [0.05, 0.1) is 40.1 Å². The first kappa shape index (κ1) is 66.4. The molecular weight excluding hydrogens is 1130 g/mol. The molecule has 4 aromatic carbocycles. The number of nitrogens with zero attached hydrogens (tertiary/aromatic N) is 4. The molecule has 0 spiro atoms. The molecular formula is C64H70ClF2N10NaO8. The van der Waals surface area contributed by atoms with Crippen LogP contribution in [0.2, 0.25) is 5.02 Å². The minimum absolute atomic E-state index is 0. The van der Waals surface area contributed by atoms with Crippen LogP contribution in [0.3, 0.4) is 0 Å². The first-order chi connectivity index (χ1) is 40.4. The molecule has 4 fully saturated rings. The third-order valence-electron chi connectivity index (χ3n) is 16.2. The Morgan fingerprint density at radius 3 is 1.63 bits per heavy atom. The Morgan fingerprint density at radius 2 is 1.17 bits per heavy atom. The van der Waals surface area contributed by atoms with Crippen molar-refractivity contribution in [2.24, 2.45) is 23.3 Å². The van der Waals surface area contributed by atoms with Crippen molar-refractivity contribution in [3.8, 4) is 0 Å². The number of carbonyl (C=O) groups is 4. The summed E-state index contributed by atoms with van der Waals surface area (Å²) in [5.74, 6) is -0.684. The Morgan fingerprint density at radius 1 is 0.698 bits per heavy atom. The van der Waals surface area contributed by atoms with Gasteiger partial charge in [0, 0.05) is 50.4 Å². The molecule has 446 valence electrons. The van der Waals surface area contributed by atoms with Crippen molar-refractivity contribution in [2.75, 3.05) is 29.0 Å². The number of nitrogens with two attached hydrogens (primary N) is 2. The Kier molecular flexibility index (Phi) is 22.8. The van der Waals surface area contributed by atoms with Crippen LogP contribution in [0.1, 0.15) is 105 Å². The summed E-state index contributed by atoms with van der Waals surface area (Å²) in [5.41, 5.74) is 14.0. The Bertz CT molecular complexity index is 3390. The first-order valence-corrected chi connectivity index (χ1v) is 28.1. The summed E-state index contributed by atoms with van der Waals surface area (Å²) in [5, 5.41) is 42.7. The standard InChI is InChI=1S/C34H34ClFN6O3.C28H31FN4O2.CH2O3.CH4.Na/c35-26-9-11-30(39-20-26)41-32(44)42-21-33(45,23-4-2-1-3-5-23)19-29(42)31(43)40-28-18-25(8-10-27(28)36)34(37,15-12-22-6-7-22)24-13-16-38-17-14-24;29-23-9-8-22(28(30,13-10-19-6-7-19)21-11-14-31-15-12-21)16-24(23)33-26(34)25-17-27(35,18-32-25)20-4-2-1-3-5-20;2-1-4-3;;/h1-5,8-11,13-14,16-18,20,22,29,45H,6-7,12,15,19,21,37H2,(H,40,43)(H,39,41,44);1-5,8-9,11-12,14-16,19,25,32,35H,6-7,10,13,17-18,30H2,(H,33,34);1,3H;1H4;/q;;;;+1/p-1/t29-,33-,34?;25-,27-,28?;;;/m11.../s1. The van der Waals surface area contributed by atoms with Gasteiger partial charge in [-0.15, -0.1) is 0 Å². The molecule has 18 nitrogen and oxygen atoms in total. The van der Waals surface area contributed by atoms with Crippen LogP contribution in [0.15, 0.2) is 164 Å². The molecule has 5 heterocycles. The predicted molar refractivity (Wildman–Crippen MR) is 317 cm³/mol. The summed E-state index contributed by atoms with van der Waals surface area (Å²) in [6, 6.07) is 35.4. The van der Waals surface area contributed by atoms with E-state index in [1.165, 1.54) is 55.0 Å². The van der Waals surface area contributed by atoms with Gasteiger partial charge in [-0.05, 0) is 132 Å². The molecule has 2 unspecified atom stereocenters. The molecule has 2 saturated carbocycles. The van der Waals surface area contributed by atoms with Crippen molar-refractivity contribution in [2.45, 2.75) is 106 Å². The van der Waals surface area contributed by atoms with E-state index in [2.05, 4.69) is 41.1 Å². The molecule has 4 amide bonds. The third-order valence-corrected chi connectivity index (χ3v) is 16.4. The van der Waals surface area contributed by atoms with Crippen LogP contribution in [-0.2, 0) is 41.6 Å². The number of likely N-dealkylation sites (tertiary alicyclic amines) is 1. The van der Waals surface area contributed by atoms with Gasteiger partial charge in [0.1, 0.15) is 34.7 Å². The maximum atomic E-state index is 15.3. The third kappa shape index (κ3) is 16.3. The first-order valence-electron chi connectivity index (χ1n) is 27.7. The quantitative estimate of drug-likeness (QED) is 0.0223. The molecule has 3 aromatic heterocycles. The number of aliphatic hydroxyl groups is 2. The number of aromatic nitrogens is 3. The Labute approximate surface area is 525 Å². The SMILES string of the molecule is C.NC(CCC1CC1)(c1ccncc1)c1ccc(F)c(NC(=O)[C@H]2C[C@](O)(c3ccccc3)CN2)c1.NC(CCC1CC1)(c1ccncc1)c1ccc(F)c(NC(=O)[C@H]2C[C@](O)(c3ccccc3)CN2C(=O)Nc2ccc(Cl)cn2)c1.O=CO[O-].[Na+]. The van der Waals surface area contributed by atoms with Gasteiger partial charge in [0.15, 0.2) is 0 Å². The number of anilines is 3. The maximum absolute atomic E-state index is 15.3. The van der Waals surface area contributed by atoms with Crippen molar-refractivity contribution in [1.82, 2.24) is 25.2 Å². The normalized spacial score (nSPS) is 20.7. The van der Waals surface area contributed by atoms with Gasteiger partial charge in [-0.3, -0.25) is 29.7 Å². The average Bonchev–Trinajstić information content (AvgIpc) is 1.62. The molecule has 22 heteroatoms. The smallest absolute Gasteiger partial charge is 0.662 e. The Balaban J connectivity index is 0.000000232. The molecule has 2 saturated heterocycles. The van der Waals surface area contributed by atoms with Gasteiger partial charge in [0.2, 0.25) is 11.8 Å². The molecule has 6 atom stereocenters. The van der Waals surface area contributed by atoms with Crippen LogP contribution in [0.25, 0.3) is 0 Å². The van der Waals surface area contributed by atoms with Crippen molar-refractivity contribution < 1.29 is 77.9 Å². The van der Waals surface area contributed by atoms with Crippen LogP contribution in [-0.4, -0.2) is 79.6 Å².